The number of hydrogen-bond acceptors (Lipinski definition) is 4. The highest BCUT2D eigenvalue weighted by Gasteiger charge is 1.93. The third kappa shape index (κ3) is 3.77. The van der Waals surface area contributed by atoms with Crippen molar-refractivity contribution in [2.24, 2.45) is 0 Å². The van der Waals surface area contributed by atoms with Crippen LogP contribution in [0, 0.1) is 0 Å². The lowest BCUT2D eigenvalue weighted by Crippen LogP contribution is -2.24. The quantitative estimate of drug-likeness (QED) is 0.638. The van der Waals surface area contributed by atoms with E-state index in [0.29, 0.717) is 5.69 Å². The molecule has 0 aromatic carbocycles. The van der Waals surface area contributed by atoms with E-state index in [0.717, 1.165) is 0 Å². The molecule has 1 heterocycles. The predicted molar refractivity (Wildman–Crippen MR) is 51.2 cm³/mol. The Morgan fingerprint density at radius 3 is 3.07 bits per heavy atom. The largest absolute Gasteiger partial charge is 0.395 e. The van der Waals surface area contributed by atoms with Gasteiger partial charge in [-0.25, -0.2) is 0 Å². The number of carbonyl (C=O) groups excluding carboxylic acids is 1. The number of nitrogens with zero attached hydrogens (tertiary/aromatic N) is 2. The van der Waals surface area contributed by atoms with Crippen LogP contribution in [0.5, 0.6) is 0 Å². The Kier molecular flexibility index (Phi) is 4.30. The van der Waals surface area contributed by atoms with E-state index in [1.807, 2.05) is 0 Å². The number of carbonyl (C=O) groups is 1. The van der Waals surface area contributed by atoms with Gasteiger partial charge in [0.1, 0.15) is 0 Å². The number of rotatable bonds is 4. The Bertz CT molecular complexity index is 311. The van der Waals surface area contributed by atoms with Crippen LogP contribution in [0.1, 0.15) is 5.69 Å². The molecule has 74 valence electrons. The summed E-state index contributed by atoms with van der Waals surface area (Å²) >= 11 is 0. The summed E-state index contributed by atoms with van der Waals surface area (Å²) < 4.78 is 0. The van der Waals surface area contributed by atoms with Crippen molar-refractivity contribution in [2.45, 2.75) is 0 Å². The monoisotopic (exact) mass is 193 g/mol. The number of nitrogens with one attached hydrogen (secondary N) is 1. The van der Waals surface area contributed by atoms with Crippen molar-refractivity contribution < 1.29 is 9.90 Å². The fourth-order valence-electron chi connectivity index (χ4n) is 0.796. The third-order valence-corrected chi connectivity index (χ3v) is 1.40. The van der Waals surface area contributed by atoms with Crippen LogP contribution in [-0.4, -0.2) is 34.1 Å². The first kappa shape index (κ1) is 10.3. The minimum Gasteiger partial charge on any atom is -0.395 e. The van der Waals surface area contributed by atoms with Crippen LogP contribution in [0.2, 0.25) is 0 Å². The van der Waals surface area contributed by atoms with Gasteiger partial charge in [-0.15, -0.1) is 0 Å². The molecule has 2 N–H and O–H groups in total. The van der Waals surface area contributed by atoms with Gasteiger partial charge in [-0.3, -0.25) is 14.8 Å². The fraction of sp³-hybridized carbons (Fsp3) is 0.222. The van der Waals surface area contributed by atoms with Gasteiger partial charge >= 0.3 is 0 Å². The molecule has 0 aliphatic carbocycles. The number of amides is 1. The molecule has 0 bridgehead atoms. The van der Waals surface area contributed by atoms with Crippen molar-refractivity contribution in [1.82, 2.24) is 15.3 Å². The summed E-state index contributed by atoms with van der Waals surface area (Å²) in [4.78, 5) is 18.8. The van der Waals surface area contributed by atoms with Gasteiger partial charge in [-0.2, -0.15) is 0 Å². The highest BCUT2D eigenvalue weighted by molar-refractivity contribution is 5.91. The number of aliphatic hydroxyl groups is 1. The number of aliphatic hydroxyl groups excluding tert-OH is 1. The molecule has 5 nitrogen and oxygen atoms in total. The van der Waals surface area contributed by atoms with Crippen LogP contribution in [0.4, 0.5) is 0 Å². The van der Waals surface area contributed by atoms with E-state index in [4.69, 9.17) is 5.11 Å². The first-order chi connectivity index (χ1) is 6.83. The fourth-order valence-corrected chi connectivity index (χ4v) is 0.796. The third-order valence-electron chi connectivity index (χ3n) is 1.40. The zero-order valence-corrected chi connectivity index (χ0v) is 7.55. The van der Waals surface area contributed by atoms with E-state index in [1.54, 1.807) is 24.7 Å². The van der Waals surface area contributed by atoms with Gasteiger partial charge in [0.2, 0.25) is 5.91 Å². The molecule has 14 heavy (non-hydrogen) atoms. The average Bonchev–Trinajstić information content (AvgIpc) is 2.25. The highest BCUT2D eigenvalue weighted by atomic mass is 16.3. The van der Waals surface area contributed by atoms with Gasteiger partial charge in [-0.05, 0) is 6.08 Å². The summed E-state index contributed by atoms with van der Waals surface area (Å²) in [6, 6.07) is 0. The molecule has 5 heteroatoms. The lowest BCUT2D eigenvalue weighted by atomic mass is 10.4. The maximum atomic E-state index is 11.0. The molecule has 1 amide bonds. The Hall–Kier alpha value is -1.75. The number of aromatic nitrogens is 2. The summed E-state index contributed by atoms with van der Waals surface area (Å²) in [6.45, 7) is 0.189. The second-order valence-corrected chi connectivity index (χ2v) is 2.48. The zero-order chi connectivity index (χ0) is 10.2. The van der Waals surface area contributed by atoms with Crippen molar-refractivity contribution in [1.29, 1.82) is 0 Å². The van der Waals surface area contributed by atoms with Crippen molar-refractivity contribution in [3.05, 3.63) is 30.4 Å². The van der Waals surface area contributed by atoms with E-state index >= 15 is 0 Å². The average molecular weight is 193 g/mol. The van der Waals surface area contributed by atoms with Crippen LogP contribution in [0.3, 0.4) is 0 Å². The summed E-state index contributed by atoms with van der Waals surface area (Å²) in [6.07, 6.45) is 7.56. The predicted octanol–water partition coefficient (Wildman–Crippen LogP) is -0.402. The van der Waals surface area contributed by atoms with E-state index in [9.17, 15) is 4.79 Å². The molecule has 0 saturated carbocycles. The molecule has 0 spiro atoms. The Labute approximate surface area is 81.5 Å². The summed E-state index contributed by atoms with van der Waals surface area (Å²) in [7, 11) is 0. The van der Waals surface area contributed by atoms with Gasteiger partial charge < -0.3 is 10.4 Å². The van der Waals surface area contributed by atoms with Crippen LogP contribution in [-0.2, 0) is 4.79 Å². The Morgan fingerprint density at radius 2 is 2.43 bits per heavy atom. The molecule has 1 aromatic heterocycles. The van der Waals surface area contributed by atoms with E-state index in [-0.39, 0.29) is 19.1 Å². The first-order valence-corrected chi connectivity index (χ1v) is 4.15. The van der Waals surface area contributed by atoms with E-state index in [2.05, 4.69) is 15.3 Å². The highest BCUT2D eigenvalue weighted by Crippen LogP contribution is 1.92. The topological polar surface area (TPSA) is 75.1 Å². The minimum absolute atomic E-state index is 0.0648. The maximum absolute atomic E-state index is 11.0. The SMILES string of the molecule is O=C(C=Cc1cnccn1)NCCO. The van der Waals surface area contributed by atoms with Gasteiger partial charge in [0, 0.05) is 25.0 Å². The van der Waals surface area contributed by atoms with E-state index in [1.165, 1.54) is 6.08 Å². The summed E-state index contributed by atoms with van der Waals surface area (Å²) in [5, 5.41) is 10.9. The van der Waals surface area contributed by atoms with Crippen LogP contribution in [0.15, 0.2) is 24.7 Å². The van der Waals surface area contributed by atoms with Crippen molar-refractivity contribution in [3.63, 3.8) is 0 Å². The maximum Gasteiger partial charge on any atom is 0.244 e. The molecule has 0 fully saturated rings. The first-order valence-electron chi connectivity index (χ1n) is 4.15. The molecule has 0 unspecified atom stereocenters. The molecule has 1 aromatic rings. The van der Waals surface area contributed by atoms with Crippen LogP contribution < -0.4 is 5.32 Å². The normalized spacial score (nSPS) is 10.4. The van der Waals surface area contributed by atoms with E-state index < -0.39 is 0 Å². The van der Waals surface area contributed by atoms with Gasteiger partial charge in [0.25, 0.3) is 0 Å². The second-order valence-electron chi connectivity index (χ2n) is 2.48. The van der Waals surface area contributed by atoms with Crippen molar-refractivity contribution in [2.75, 3.05) is 13.2 Å². The standard InChI is InChI=1S/C9H11N3O2/c13-6-5-12-9(14)2-1-8-7-10-3-4-11-8/h1-4,7,13H,5-6H2,(H,12,14). The number of hydrogen-bond donors (Lipinski definition) is 2. The van der Waals surface area contributed by atoms with Gasteiger partial charge in [-0.1, -0.05) is 0 Å². The molecule has 0 aliphatic heterocycles. The summed E-state index contributed by atoms with van der Waals surface area (Å²) in [5.41, 5.74) is 0.617. The molecular formula is C9H11N3O2. The molecule has 0 saturated heterocycles. The molecular weight excluding hydrogens is 182 g/mol. The lowest BCUT2D eigenvalue weighted by molar-refractivity contribution is -0.116. The van der Waals surface area contributed by atoms with Crippen molar-refractivity contribution >= 4 is 12.0 Å². The Balaban J connectivity index is 2.44. The van der Waals surface area contributed by atoms with Gasteiger partial charge in [0.05, 0.1) is 18.5 Å². The molecule has 1 rings (SSSR count). The summed E-state index contributed by atoms with van der Waals surface area (Å²) in [5.74, 6) is -0.260. The minimum atomic E-state index is -0.260. The zero-order valence-electron chi connectivity index (χ0n) is 7.55. The second kappa shape index (κ2) is 5.82. The molecule has 0 radical (unpaired) electrons. The van der Waals surface area contributed by atoms with Crippen molar-refractivity contribution in [3.8, 4) is 0 Å². The molecule has 0 aliphatic rings. The van der Waals surface area contributed by atoms with Gasteiger partial charge in [0.15, 0.2) is 0 Å². The smallest absolute Gasteiger partial charge is 0.244 e. The van der Waals surface area contributed by atoms with Crippen LogP contribution in [0.25, 0.3) is 6.08 Å². The van der Waals surface area contributed by atoms with Crippen LogP contribution >= 0.6 is 0 Å². The molecule has 0 atom stereocenters. The Morgan fingerprint density at radius 1 is 1.57 bits per heavy atom. The lowest BCUT2D eigenvalue weighted by Gasteiger charge is -1.96.